The highest BCUT2D eigenvalue weighted by atomic mass is 19.2. The van der Waals surface area contributed by atoms with Gasteiger partial charge in [-0.15, -0.1) is 0 Å². The van der Waals surface area contributed by atoms with E-state index in [0.29, 0.717) is 0 Å². The third kappa shape index (κ3) is 2.97. The van der Waals surface area contributed by atoms with Gasteiger partial charge < -0.3 is 10.4 Å². The van der Waals surface area contributed by atoms with Crippen molar-refractivity contribution in [3.63, 3.8) is 0 Å². The molecule has 0 aliphatic rings. The Morgan fingerprint density at radius 3 is 2.65 bits per heavy atom. The van der Waals surface area contributed by atoms with Crippen LogP contribution in [0.25, 0.3) is 0 Å². The smallest absolute Gasteiger partial charge is 0.354 e. The summed E-state index contributed by atoms with van der Waals surface area (Å²) >= 11 is 0. The van der Waals surface area contributed by atoms with Crippen molar-refractivity contribution in [1.82, 2.24) is 9.78 Å². The average molecular weight is 281 g/mol. The number of carboxylic acids is 1. The van der Waals surface area contributed by atoms with Crippen molar-refractivity contribution in [2.75, 3.05) is 5.32 Å². The third-order valence-electron chi connectivity index (χ3n) is 2.43. The predicted molar refractivity (Wildman–Crippen MR) is 64.2 cm³/mol. The van der Waals surface area contributed by atoms with Gasteiger partial charge in [0, 0.05) is 18.0 Å². The Balaban J connectivity index is 2.07. The summed E-state index contributed by atoms with van der Waals surface area (Å²) in [5, 5.41) is 14.8. The largest absolute Gasteiger partial charge is 0.477 e. The number of carboxylic acid groups (broad SMARTS) is 1. The number of halogens is 2. The first-order valence-corrected chi connectivity index (χ1v) is 5.47. The number of hydrogen-bond acceptors (Lipinski definition) is 3. The van der Waals surface area contributed by atoms with E-state index in [-0.39, 0.29) is 17.9 Å². The van der Waals surface area contributed by atoms with Crippen molar-refractivity contribution in [2.45, 2.75) is 6.54 Å². The van der Waals surface area contributed by atoms with E-state index in [9.17, 15) is 18.4 Å². The topological polar surface area (TPSA) is 84.2 Å². The van der Waals surface area contributed by atoms with E-state index in [0.717, 1.165) is 16.8 Å². The molecule has 0 atom stereocenters. The molecule has 0 spiro atoms. The lowest BCUT2D eigenvalue weighted by atomic mass is 10.3. The van der Waals surface area contributed by atoms with Crippen molar-refractivity contribution >= 4 is 17.6 Å². The molecule has 0 bridgehead atoms. The molecule has 0 saturated carbocycles. The Labute approximate surface area is 111 Å². The van der Waals surface area contributed by atoms with Crippen LogP contribution in [-0.4, -0.2) is 26.8 Å². The highest BCUT2D eigenvalue weighted by molar-refractivity contribution is 5.91. The number of carbonyl (C=O) groups is 2. The lowest BCUT2D eigenvalue weighted by Gasteiger charge is -2.07. The number of benzene rings is 1. The van der Waals surface area contributed by atoms with Crippen molar-refractivity contribution in [3.05, 3.63) is 47.8 Å². The van der Waals surface area contributed by atoms with Gasteiger partial charge in [0.25, 0.3) is 0 Å². The van der Waals surface area contributed by atoms with Crippen LogP contribution in [0.15, 0.2) is 30.5 Å². The van der Waals surface area contributed by atoms with Crippen LogP contribution in [0, 0.1) is 11.6 Å². The van der Waals surface area contributed by atoms with Gasteiger partial charge in [-0.05, 0) is 18.2 Å². The SMILES string of the molecule is O=C(Cn1nccc1C(=O)O)Nc1ccc(F)c(F)c1. The van der Waals surface area contributed by atoms with Crippen LogP contribution in [0.2, 0.25) is 0 Å². The Hall–Kier alpha value is -2.77. The van der Waals surface area contributed by atoms with Crippen molar-refractivity contribution in [1.29, 1.82) is 0 Å². The number of anilines is 1. The van der Waals surface area contributed by atoms with E-state index < -0.39 is 23.5 Å². The van der Waals surface area contributed by atoms with Gasteiger partial charge in [0.2, 0.25) is 5.91 Å². The molecule has 1 amide bonds. The molecule has 0 radical (unpaired) electrons. The molecule has 20 heavy (non-hydrogen) atoms. The van der Waals surface area contributed by atoms with Gasteiger partial charge in [-0.1, -0.05) is 0 Å². The molecule has 0 aliphatic carbocycles. The highest BCUT2D eigenvalue weighted by Gasteiger charge is 2.13. The zero-order valence-corrected chi connectivity index (χ0v) is 10.0. The van der Waals surface area contributed by atoms with Gasteiger partial charge >= 0.3 is 5.97 Å². The Bertz CT molecular complexity index is 670. The first-order valence-electron chi connectivity index (χ1n) is 5.47. The summed E-state index contributed by atoms with van der Waals surface area (Å²) in [7, 11) is 0. The summed E-state index contributed by atoms with van der Waals surface area (Å²) in [6, 6.07) is 4.14. The number of nitrogens with one attached hydrogen (secondary N) is 1. The minimum absolute atomic E-state index is 0.0675. The first kappa shape index (κ1) is 13.7. The molecule has 2 N–H and O–H groups in total. The number of amides is 1. The van der Waals surface area contributed by atoms with Crippen molar-refractivity contribution in [3.8, 4) is 0 Å². The van der Waals surface area contributed by atoms with Crippen LogP contribution in [0.5, 0.6) is 0 Å². The number of nitrogens with zero attached hydrogens (tertiary/aromatic N) is 2. The molecular formula is C12H9F2N3O3. The zero-order valence-electron chi connectivity index (χ0n) is 10.0. The number of rotatable bonds is 4. The fourth-order valence-electron chi connectivity index (χ4n) is 1.55. The third-order valence-corrected chi connectivity index (χ3v) is 2.43. The average Bonchev–Trinajstić information content (AvgIpc) is 2.82. The number of carbonyl (C=O) groups excluding carboxylic acids is 1. The predicted octanol–water partition coefficient (Wildman–Crippen LogP) is 1.50. The number of aromatic nitrogens is 2. The minimum Gasteiger partial charge on any atom is -0.477 e. The molecule has 6 nitrogen and oxygen atoms in total. The van der Waals surface area contributed by atoms with E-state index in [2.05, 4.69) is 10.4 Å². The maximum atomic E-state index is 13.0. The molecule has 1 heterocycles. The van der Waals surface area contributed by atoms with Gasteiger partial charge in [-0.25, -0.2) is 18.3 Å². The molecule has 8 heteroatoms. The van der Waals surface area contributed by atoms with E-state index in [1.54, 1.807) is 0 Å². The van der Waals surface area contributed by atoms with Crippen LogP contribution in [0.4, 0.5) is 14.5 Å². The molecular weight excluding hydrogens is 272 g/mol. The standard InChI is InChI=1S/C12H9F2N3O3/c13-8-2-1-7(5-9(8)14)16-11(18)6-17-10(12(19)20)3-4-15-17/h1-5H,6H2,(H,16,18)(H,19,20). The van der Waals surface area contributed by atoms with Crippen LogP contribution >= 0.6 is 0 Å². The van der Waals surface area contributed by atoms with Crippen LogP contribution in [-0.2, 0) is 11.3 Å². The summed E-state index contributed by atoms with van der Waals surface area (Å²) in [6.07, 6.45) is 1.24. The molecule has 0 aliphatic heterocycles. The maximum Gasteiger partial charge on any atom is 0.354 e. The summed E-state index contributed by atoms with van der Waals surface area (Å²) in [5.74, 6) is -3.94. The fourth-order valence-corrected chi connectivity index (χ4v) is 1.55. The van der Waals surface area contributed by atoms with Crippen molar-refractivity contribution in [2.24, 2.45) is 0 Å². The Morgan fingerprint density at radius 1 is 1.25 bits per heavy atom. The van der Waals surface area contributed by atoms with Gasteiger partial charge in [0.1, 0.15) is 12.2 Å². The number of hydrogen-bond donors (Lipinski definition) is 2. The highest BCUT2D eigenvalue weighted by Crippen LogP contribution is 2.13. The first-order chi connectivity index (χ1) is 9.47. The second-order valence-electron chi connectivity index (χ2n) is 3.86. The normalized spacial score (nSPS) is 10.3. The molecule has 104 valence electrons. The molecule has 0 fully saturated rings. The summed E-state index contributed by atoms with van der Waals surface area (Å²) in [4.78, 5) is 22.5. The molecule has 0 saturated heterocycles. The van der Waals surface area contributed by atoms with Crippen molar-refractivity contribution < 1.29 is 23.5 Å². The monoisotopic (exact) mass is 281 g/mol. The second kappa shape index (κ2) is 5.47. The Kier molecular flexibility index (Phi) is 3.74. The molecule has 1 aromatic heterocycles. The lowest BCUT2D eigenvalue weighted by molar-refractivity contribution is -0.116. The summed E-state index contributed by atoms with van der Waals surface area (Å²) in [6.45, 7) is -0.354. The quantitative estimate of drug-likeness (QED) is 0.889. The van der Waals surface area contributed by atoms with E-state index >= 15 is 0 Å². The van der Waals surface area contributed by atoms with Gasteiger partial charge in [-0.3, -0.25) is 4.79 Å². The van der Waals surface area contributed by atoms with E-state index in [1.807, 2.05) is 0 Å². The zero-order chi connectivity index (χ0) is 14.7. The molecule has 0 unspecified atom stereocenters. The van der Waals surface area contributed by atoms with Gasteiger partial charge in [0.05, 0.1) is 0 Å². The van der Waals surface area contributed by atoms with Gasteiger partial charge in [0.15, 0.2) is 11.6 Å². The van der Waals surface area contributed by atoms with E-state index in [1.165, 1.54) is 18.3 Å². The maximum absolute atomic E-state index is 13.0. The fraction of sp³-hybridized carbons (Fsp3) is 0.0833. The van der Waals surface area contributed by atoms with Crippen LogP contribution in [0.1, 0.15) is 10.5 Å². The van der Waals surface area contributed by atoms with Crippen LogP contribution < -0.4 is 5.32 Å². The second-order valence-corrected chi connectivity index (χ2v) is 3.86. The van der Waals surface area contributed by atoms with E-state index in [4.69, 9.17) is 5.11 Å². The van der Waals surface area contributed by atoms with Crippen LogP contribution in [0.3, 0.4) is 0 Å². The number of aromatic carboxylic acids is 1. The summed E-state index contributed by atoms with van der Waals surface area (Å²) in [5.41, 5.74) is -0.0802. The molecule has 2 rings (SSSR count). The van der Waals surface area contributed by atoms with Gasteiger partial charge in [-0.2, -0.15) is 5.10 Å². The lowest BCUT2D eigenvalue weighted by Crippen LogP contribution is -2.22. The molecule has 2 aromatic rings. The summed E-state index contributed by atoms with van der Waals surface area (Å²) < 4.78 is 26.7. The molecule has 1 aromatic carbocycles. The Morgan fingerprint density at radius 2 is 2.00 bits per heavy atom. The minimum atomic E-state index is -1.22.